The Morgan fingerprint density at radius 3 is 2.12 bits per heavy atom. The molecule has 1 amide bonds. The third-order valence-electron chi connectivity index (χ3n) is 3.80. The second-order valence-electron chi connectivity index (χ2n) is 7.76. The molecule has 0 N–H and O–H groups in total. The summed E-state index contributed by atoms with van der Waals surface area (Å²) in [6, 6.07) is 8.72. The van der Waals surface area contributed by atoms with Gasteiger partial charge in [-0.1, -0.05) is 45.0 Å². The molecule has 0 bridgehead atoms. The van der Waals surface area contributed by atoms with Crippen LogP contribution in [0.1, 0.15) is 59.6 Å². The van der Waals surface area contributed by atoms with Crippen molar-refractivity contribution in [1.82, 2.24) is 4.90 Å². The van der Waals surface area contributed by atoms with Gasteiger partial charge in [-0.25, -0.2) is 0 Å². The molecule has 0 saturated carbocycles. The quantitative estimate of drug-likeness (QED) is 0.717. The van der Waals surface area contributed by atoms with Gasteiger partial charge in [-0.3, -0.25) is 14.7 Å². The van der Waals surface area contributed by atoms with Gasteiger partial charge in [0.15, 0.2) is 5.17 Å². The lowest BCUT2D eigenvalue weighted by atomic mass is 9.87. The van der Waals surface area contributed by atoms with Crippen molar-refractivity contribution in [3.05, 3.63) is 40.3 Å². The topological polar surface area (TPSA) is 32.7 Å². The molecule has 0 aliphatic carbocycles. The van der Waals surface area contributed by atoms with Crippen LogP contribution in [0.3, 0.4) is 0 Å². The van der Waals surface area contributed by atoms with Crippen molar-refractivity contribution in [3.63, 3.8) is 0 Å². The zero-order chi connectivity index (χ0) is 18.1. The number of thioether (sulfide) groups is 1. The van der Waals surface area contributed by atoms with Crippen molar-refractivity contribution in [3.8, 4) is 0 Å². The fourth-order valence-electron chi connectivity index (χ4n) is 2.48. The number of hydrogen-bond acceptors (Lipinski definition) is 3. The highest BCUT2D eigenvalue weighted by molar-refractivity contribution is 8.18. The lowest BCUT2D eigenvalue weighted by molar-refractivity contribution is -0.123. The standard InChI is InChI=1S/C20H28N2OS/c1-13(2)21-19-22(14(3)4)18(23)17(24-19)12-15-8-10-16(11-9-15)20(5,6)7/h8-14H,1-7H3/b17-12+,21-19?. The number of aliphatic imine (C=N–C) groups is 1. The van der Waals surface area contributed by atoms with Crippen molar-refractivity contribution in [2.75, 3.05) is 0 Å². The maximum absolute atomic E-state index is 12.7. The minimum atomic E-state index is 0.0503. The molecule has 1 aliphatic rings. The Morgan fingerprint density at radius 1 is 1.08 bits per heavy atom. The first-order valence-corrected chi connectivity index (χ1v) is 9.32. The number of amidine groups is 1. The van der Waals surface area contributed by atoms with Crippen LogP contribution < -0.4 is 0 Å². The first-order valence-electron chi connectivity index (χ1n) is 8.51. The molecule has 1 aromatic carbocycles. The van der Waals surface area contributed by atoms with Crippen LogP contribution >= 0.6 is 11.8 Å². The number of hydrogen-bond donors (Lipinski definition) is 0. The number of nitrogens with zero attached hydrogens (tertiary/aromatic N) is 2. The van der Waals surface area contributed by atoms with E-state index >= 15 is 0 Å². The van der Waals surface area contributed by atoms with Gasteiger partial charge in [-0.05, 0) is 62.1 Å². The van der Waals surface area contributed by atoms with E-state index in [4.69, 9.17) is 0 Å². The van der Waals surface area contributed by atoms with Gasteiger partial charge in [0.05, 0.1) is 4.91 Å². The third-order valence-corrected chi connectivity index (χ3v) is 4.79. The molecule has 0 atom stereocenters. The van der Waals surface area contributed by atoms with E-state index < -0.39 is 0 Å². The van der Waals surface area contributed by atoms with Gasteiger partial charge in [0.1, 0.15) is 0 Å². The largest absolute Gasteiger partial charge is 0.284 e. The van der Waals surface area contributed by atoms with E-state index in [1.807, 2.05) is 33.8 Å². The monoisotopic (exact) mass is 344 g/mol. The lowest BCUT2D eigenvalue weighted by Gasteiger charge is -2.20. The molecule has 1 aliphatic heterocycles. The molecule has 24 heavy (non-hydrogen) atoms. The summed E-state index contributed by atoms with van der Waals surface area (Å²) in [6.07, 6.45) is 1.97. The summed E-state index contributed by atoms with van der Waals surface area (Å²) in [4.78, 5) is 19.9. The van der Waals surface area contributed by atoms with Gasteiger partial charge >= 0.3 is 0 Å². The zero-order valence-corrected chi connectivity index (χ0v) is 16.6. The van der Waals surface area contributed by atoms with Crippen molar-refractivity contribution in [1.29, 1.82) is 0 Å². The molecular weight excluding hydrogens is 316 g/mol. The van der Waals surface area contributed by atoms with Gasteiger partial charge < -0.3 is 0 Å². The van der Waals surface area contributed by atoms with E-state index in [0.717, 1.165) is 15.6 Å². The number of rotatable bonds is 3. The smallest absolute Gasteiger partial charge is 0.266 e. The van der Waals surface area contributed by atoms with Crippen LogP contribution in [-0.2, 0) is 10.2 Å². The van der Waals surface area contributed by atoms with Crippen LogP contribution in [0.4, 0.5) is 0 Å². The summed E-state index contributed by atoms with van der Waals surface area (Å²) in [6.45, 7) is 14.7. The maximum Gasteiger partial charge on any atom is 0.266 e. The maximum atomic E-state index is 12.7. The molecule has 1 saturated heterocycles. The van der Waals surface area contributed by atoms with Gasteiger partial charge in [0.2, 0.25) is 0 Å². The number of carbonyl (C=O) groups is 1. The van der Waals surface area contributed by atoms with E-state index in [2.05, 4.69) is 50.0 Å². The molecule has 0 aromatic heterocycles. The molecule has 0 unspecified atom stereocenters. The normalized spacial score (nSPS) is 19.4. The minimum absolute atomic E-state index is 0.0503. The lowest BCUT2D eigenvalue weighted by Crippen LogP contribution is -2.35. The van der Waals surface area contributed by atoms with Crippen molar-refractivity contribution in [2.24, 2.45) is 4.99 Å². The van der Waals surface area contributed by atoms with Gasteiger partial charge in [-0.2, -0.15) is 0 Å². The van der Waals surface area contributed by atoms with Crippen molar-refractivity contribution < 1.29 is 4.79 Å². The van der Waals surface area contributed by atoms with Crippen LogP contribution in [0.5, 0.6) is 0 Å². The molecule has 130 valence electrons. The Labute approximate surface area is 150 Å². The fourth-order valence-corrected chi connectivity index (χ4v) is 3.72. The van der Waals surface area contributed by atoms with Gasteiger partial charge in [0.25, 0.3) is 5.91 Å². The highest BCUT2D eigenvalue weighted by atomic mass is 32.2. The summed E-state index contributed by atoms with van der Waals surface area (Å²) in [5.41, 5.74) is 2.48. The van der Waals surface area contributed by atoms with E-state index in [9.17, 15) is 4.79 Å². The average molecular weight is 345 g/mol. The summed E-state index contributed by atoms with van der Waals surface area (Å²) in [5.74, 6) is 0.0503. The fraction of sp³-hybridized carbons (Fsp3) is 0.500. The minimum Gasteiger partial charge on any atom is -0.284 e. The second kappa shape index (κ2) is 7.14. The van der Waals surface area contributed by atoms with Crippen LogP contribution in [-0.4, -0.2) is 28.1 Å². The molecule has 1 heterocycles. The predicted molar refractivity (Wildman–Crippen MR) is 105 cm³/mol. The average Bonchev–Trinajstić information content (AvgIpc) is 2.73. The Balaban J connectivity index is 2.31. The van der Waals surface area contributed by atoms with Crippen LogP contribution in [0.25, 0.3) is 6.08 Å². The SMILES string of the molecule is CC(C)N=C1S/C(=C/c2ccc(C(C)(C)C)cc2)C(=O)N1C(C)C. The Hall–Kier alpha value is -1.55. The van der Waals surface area contributed by atoms with Gasteiger partial charge in [0, 0.05) is 12.1 Å². The molecule has 3 nitrogen and oxygen atoms in total. The van der Waals surface area contributed by atoms with Crippen molar-refractivity contribution in [2.45, 2.75) is 66.0 Å². The van der Waals surface area contributed by atoms with E-state index in [-0.39, 0.29) is 23.4 Å². The third kappa shape index (κ3) is 4.29. The zero-order valence-electron chi connectivity index (χ0n) is 15.8. The van der Waals surface area contributed by atoms with Crippen molar-refractivity contribution >= 4 is 28.9 Å². The molecule has 1 aromatic rings. The predicted octanol–water partition coefficient (Wildman–Crippen LogP) is 5.07. The molecule has 0 spiro atoms. The molecule has 4 heteroatoms. The highest BCUT2D eigenvalue weighted by Gasteiger charge is 2.35. The van der Waals surface area contributed by atoms with E-state index in [1.165, 1.54) is 17.3 Å². The Kier molecular flexibility index (Phi) is 5.59. The molecule has 1 fully saturated rings. The number of benzene rings is 1. The number of amides is 1. The summed E-state index contributed by atoms with van der Waals surface area (Å²) < 4.78 is 0. The first-order chi connectivity index (χ1) is 11.1. The first kappa shape index (κ1) is 18.8. The second-order valence-corrected chi connectivity index (χ2v) is 8.77. The van der Waals surface area contributed by atoms with Gasteiger partial charge in [-0.15, -0.1) is 0 Å². The summed E-state index contributed by atoms with van der Waals surface area (Å²) in [5, 5.41) is 0.808. The molecule has 0 radical (unpaired) electrons. The van der Waals surface area contributed by atoms with Crippen LogP contribution in [0, 0.1) is 0 Å². The Morgan fingerprint density at radius 2 is 1.67 bits per heavy atom. The summed E-state index contributed by atoms with van der Waals surface area (Å²) >= 11 is 1.48. The van der Waals surface area contributed by atoms with E-state index in [0.29, 0.717) is 0 Å². The number of carbonyl (C=O) groups excluding carboxylic acids is 1. The van der Waals surface area contributed by atoms with E-state index in [1.54, 1.807) is 4.90 Å². The summed E-state index contributed by atoms with van der Waals surface area (Å²) in [7, 11) is 0. The molecular formula is C20H28N2OS. The highest BCUT2D eigenvalue weighted by Crippen LogP contribution is 2.34. The Bertz CT molecular complexity index is 664. The van der Waals surface area contributed by atoms with Crippen LogP contribution in [0.2, 0.25) is 0 Å². The molecule has 2 rings (SSSR count). The van der Waals surface area contributed by atoms with Crippen LogP contribution in [0.15, 0.2) is 34.2 Å².